The van der Waals surface area contributed by atoms with Crippen molar-refractivity contribution < 1.29 is 9.84 Å². The fourth-order valence-corrected chi connectivity index (χ4v) is 2.42. The fourth-order valence-electron chi connectivity index (χ4n) is 2.42. The molecule has 0 amide bonds. The molecule has 1 saturated heterocycles. The van der Waals surface area contributed by atoms with Crippen molar-refractivity contribution in [1.29, 1.82) is 0 Å². The summed E-state index contributed by atoms with van der Waals surface area (Å²) >= 11 is 0. The zero-order chi connectivity index (χ0) is 9.80. The predicted molar refractivity (Wildman–Crippen MR) is 55.3 cm³/mol. The quantitative estimate of drug-likeness (QED) is 0.717. The standard InChI is InChI=1S/C11H21NO2/c13-7-2-6-12(10-3-1-4-10)11-5-8-14-9-11/h10-11,13H,1-9H2. The molecule has 2 rings (SSSR count). The zero-order valence-corrected chi connectivity index (χ0v) is 8.82. The molecule has 82 valence electrons. The van der Waals surface area contributed by atoms with E-state index in [1.54, 1.807) is 0 Å². The van der Waals surface area contributed by atoms with Crippen molar-refractivity contribution >= 4 is 0 Å². The molecule has 0 bridgehead atoms. The van der Waals surface area contributed by atoms with Crippen LogP contribution in [0, 0.1) is 0 Å². The third-order valence-electron chi connectivity index (χ3n) is 3.49. The van der Waals surface area contributed by atoms with E-state index in [2.05, 4.69) is 4.90 Å². The summed E-state index contributed by atoms with van der Waals surface area (Å²) in [7, 11) is 0. The highest BCUT2D eigenvalue weighted by atomic mass is 16.5. The molecule has 2 fully saturated rings. The van der Waals surface area contributed by atoms with E-state index in [0.29, 0.717) is 12.6 Å². The molecule has 1 N–H and O–H groups in total. The van der Waals surface area contributed by atoms with Gasteiger partial charge in [0.1, 0.15) is 0 Å². The Morgan fingerprint density at radius 2 is 2.07 bits per heavy atom. The molecule has 0 aromatic rings. The van der Waals surface area contributed by atoms with Crippen molar-refractivity contribution in [3.8, 4) is 0 Å². The highest BCUT2D eigenvalue weighted by Gasteiger charge is 2.31. The van der Waals surface area contributed by atoms with Crippen LogP contribution in [0.25, 0.3) is 0 Å². The Balaban J connectivity index is 1.83. The van der Waals surface area contributed by atoms with Crippen LogP contribution in [0.15, 0.2) is 0 Å². The lowest BCUT2D eigenvalue weighted by Crippen LogP contribution is -2.47. The van der Waals surface area contributed by atoms with E-state index in [0.717, 1.165) is 32.2 Å². The van der Waals surface area contributed by atoms with Crippen LogP contribution >= 0.6 is 0 Å². The first-order valence-corrected chi connectivity index (χ1v) is 5.86. The Morgan fingerprint density at radius 3 is 2.57 bits per heavy atom. The molecule has 1 saturated carbocycles. The number of rotatable bonds is 5. The highest BCUT2D eigenvalue weighted by Crippen LogP contribution is 2.28. The Hall–Kier alpha value is -0.120. The molecule has 14 heavy (non-hydrogen) atoms. The van der Waals surface area contributed by atoms with E-state index < -0.39 is 0 Å². The molecule has 3 nitrogen and oxygen atoms in total. The summed E-state index contributed by atoms with van der Waals surface area (Å²) in [6.07, 6.45) is 6.17. The van der Waals surface area contributed by atoms with Crippen LogP contribution in [0.5, 0.6) is 0 Å². The molecule has 2 aliphatic rings. The van der Waals surface area contributed by atoms with Crippen LogP contribution in [-0.2, 0) is 4.74 Å². The maximum absolute atomic E-state index is 8.87. The number of hydrogen-bond acceptors (Lipinski definition) is 3. The Bertz CT molecular complexity index is 165. The van der Waals surface area contributed by atoms with Crippen molar-refractivity contribution in [3.63, 3.8) is 0 Å². The van der Waals surface area contributed by atoms with E-state index in [-0.39, 0.29) is 0 Å². The average Bonchev–Trinajstić information content (AvgIpc) is 2.61. The van der Waals surface area contributed by atoms with Crippen molar-refractivity contribution in [1.82, 2.24) is 4.90 Å². The van der Waals surface area contributed by atoms with Gasteiger partial charge in [-0.25, -0.2) is 0 Å². The summed E-state index contributed by atoms with van der Waals surface area (Å²) in [5.41, 5.74) is 0. The molecular formula is C11H21NO2. The topological polar surface area (TPSA) is 32.7 Å². The number of hydrogen-bond donors (Lipinski definition) is 1. The molecule has 1 aliphatic heterocycles. The Kier molecular flexibility index (Phi) is 3.79. The summed E-state index contributed by atoms with van der Waals surface area (Å²) < 4.78 is 5.43. The molecule has 0 spiro atoms. The third kappa shape index (κ3) is 2.27. The van der Waals surface area contributed by atoms with Gasteiger partial charge in [0.2, 0.25) is 0 Å². The van der Waals surface area contributed by atoms with E-state index in [1.807, 2.05) is 0 Å². The molecule has 3 heteroatoms. The van der Waals surface area contributed by atoms with Gasteiger partial charge in [-0.05, 0) is 25.7 Å². The maximum Gasteiger partial charge on any atom is 0.0622 e. The minimum absolute atomic E-state index is 0.316. The lowest BCUT2D eigenvalue weighted by Gasteiger charge is -2.40. The lowest BCUT2D eigenvalue weighted by atomic mass is 9.90. The van der Waals surface area contributed by atoms with Crippen molar-refractivity contribution in [2.75, 3.05) is 26.4 Å². The van der Waals surface area contributed by atoms with E-state index in [9.17, 15) is 0 Å². The van der Waals surface area contributed by atoms with Crippen LogP contribution in [0.2, 0.25) is 0 Å². The monoisotopic (exact) mass is 199 g/mol. The largest absolute Gasteiger partial charge is 0.396 e. The second-order valence-corrected chi connectivity index (χ2v) is 4.42. The smallest absolute Gasteiger partial charge is 0.0622 e. The maximum atomic E-state index is 8.87. The van der Waals surface area contributed by atoms with Gasteiger partial charge in [-0.15, -0.1) is 0 Å². The highest BCUT2D eigenvalue weighted by molar-refractivity contribution is 4.86. The van der Waals surface area contributed by atoms with Gasteiger partial charge in [0, 0.05) is 31.8 Å². The van der Waals surface area contributed by atoms with Gasteiger partial charge in [0.15, 0.2) is 0 Å². The number of aliphatic hydroxyl groups is 1. The molecular weight excluding hydrogens is 178 g/mol. The number of ether oxygens (including phenoxy) is 1. The van der Waals surface area contributed by atoms with Crippen LogP contribution in [0.4, 0.5) is 0 Å². The fraction of sp³-hybridized carbons (Fsp3) is 1.00. The molecule has 0 aromatic carbocycles. The first-order chi connectivity index (χ1) is 6.92. The van der Waals surface area contributed by atoms with Gasteiger partial charge in [-0.1, -0.05) is 6.42 Å². The molecule has 1 aliphatic carbocycles. The van der Waals surface area contributed by atoms with Crippen LogP contribution < -0.4 is 0 Å². The van der Waals surface area contributed by atoms with E-state index >= 15 is 0 Å². The summed E-state index contributed by atoms with van der Waals surface area (Å²) in [6, 6.07) is 1.42. The Labute approximate surface area is 86.0 Å². The minimum Gasteiger partial charge on any atom is -0.396 e. The van der Waals surface area contributed by atoms with E-state index in [4.69, 9.17) is 9.84 Å². The van der Waals surface area contributed by atoms with Gasteiger partial charge in [-0.2, -0.15) is 0 Å². The van der Waals surface area contributed by atoms with E-state index in [1.165, 1.54) is 25.7 Å². The van der Waals surface area contributed by atoms with Crippen LogP contribution in [0.1, 0.15) is 32.1 Å². The Morgan fingerprint density at radius 1 is 1.21 bits per heavy atom. The summed E-state index contributed by atoms with van der Waals surface area (Å²) in [5, 5.41) is 8.87. The predicted octanol–water partition coefficient (Wildman–Crippen LogP) is 1.01. The number of nitrogens with zero attached hydrogens (tertiary/aromatic N) is 1. The van der Waals surface area contributed by atoms with Crippen molar-refractivity contribution in [2.24, 2.45) is 0 Å². The first kappa shape index (κ1) is 10.4. The molecule has 1 atom stereocenters. The lowest BCUT2D eigenvalue weighted by molar-refractivity contribution is 0.0622. The summed E-state index contributed by atoms with van der Waals surface area (Å²) in [4.78, 5) is 2.58. The van der Waals surface area contributed by atoms with Crippen molar-refractivity contribution in [3.05, 3.63) is 0 Å². The second-order valence-electron chi connectivity index (χ2n) is 4.42. The summed E-state index contributed by atoms with van der Waals surface area (Å²) in [5.74, 6) is 0. The normalized spacial score (nSPS) is 28.3. The minimum atomic E-state index is 0.316. The molecule has 0 aromatic heterocycles. The van der Waals surface area contributed by atoms with Gasteiger partial charge in [0.05, 0.1) is 6.61 Å². The number of aliphatic hydroxyl groups excluding tert-OH is 1. The van der Waals surface area contributed by atoms with Gasteiger partial charge in [0.25, 0.3) is 0 Å². The molecule has 1 unspecified atom stereocenters. The first-order valence-electron chi connectivity index (χ1n) is 5.86. The van der Waals surface area contributed by atoms with Gasteiger partial charge in [-0.3, -0.25) is 4.90 Å². The third-order valence-corrected chi connectivity index (χ3v) is 3.49. The van der Waals surface area contributed by atoms with Crippen molar-refractivity contribution in [2.45, 2.75) is 44.2 Å². The molecule has 0 radical (unpaired) electrons. The van der Waals surface area contributed by atoms with Gasteiger partial charge >= 0.3 is 0 Å². The second kappa shape index (κ2) is 5.10. The molecule has 1 heterocycles. The van der Waals surface area contributed by atoms with Crippen LogP contribution in [-0.4, -0.2) is 48.5 Å². The summed E-state index contributed by atoms with van der Waals surface area (Å²) in [6.45, 7) is 3.20. The van der Waals surface area contributed by atoms with Crippen LogP contribution in [0.3, 0.4) is 0 Å². The van der Waals surface area contributed by atoms with Gasteiger partial charge < -0.3 is 9.84 Å². The average molecular weight is 199 g/mol. The SMILES string of the molecule is OCCCN(C1CCC1)C1CCOC1. The zero-order valence-electron chi connectivity index (χ0n) is 8.82.